The Morgan fingerprint density at radius 2 is 2.04 bits per heavy atom. The maximum absolute atomic E-state index is 5.54. The molecule has 1 aromatic carbocycles. The number of anilines is 1. The molecule has 3 rings (SSSR count). The molecule has 0 saturated carbocycles. The van der Waals surface area contributed by atoms with Gasteiger partial charge in [0, 0.05) is 12.8 Å². The van der Waals surface area contributed by atoms with Crippen LogP contribution in [0.25, 0.3) is 10.7 Å². The van der Waals surface area contributed by atoms with Crippen molar-refractivity contribution in [1.82, 2.24) is 10.1 Å². The molecule has 0 unspecified atom stereocenters. The fourth-order valence-corrected chi connectivity index (χ4v) is 2.77. The van der Waals surface area contributed by atoms with Crippen molar-refractivity contribution in [2.75, 3.05) is 25.6 Å². The molecule has 0 aliphatic rings. The predicted octanol–water partition coefficient (Wildman–Crippen LogP) is 4.00. The average Bonchev–Trinajstić information content (AvgIpc) is 3.28. The van der Waals surface area contributed by atoms with Crippen molar-refractivity contribution in [2.45, 2.75) is 13.0 Å². The van der Waals surface area contributed by atoms with Gasteiger partial charge in [-0.25, -0.2) is 0 Å². The summed E-state index contributed by atoms with van der Waals surface area (Å²) in [6.07, 6.45) is 0. The van der Waals surface area contributed by atoms with Crippen molar-refractivity contribution in [1.29, 1.82) is 0 Å². The lowest BCUT2D eigenvalue weighted by molar-refractivity contribution is 0.146. The van der Waals surface area contributed by atoms with E-state index in [1.807, 2.05) is 48.7 Å². The highest BCUT2D eigenvalue weighted by Crippen LogP contribution is 2.25. The molecule has 0 radical (unpaired) electrons. The maximum Gasteiger partial charge on any atom is 0.249 e. The fourth-order valence-electron chi connectivity index (χ4n) is 2.12. The van der Waals surface area contributed by atoms with Crippen LogP contribution in [-0.2, 0) is 4.74 Å². The maximum atomic E-state index is 5.54. The van der Waals surface area contributed by atoms with Crippen LogP contribution in [0.1, 0.15) is 18.9 Å². The zero-order chi connectivity index (χ0) is 16.8. The first kappa shape index (κ1) is 16.5. The second-order valence-corrected chi connectivity index (χ2v) is 6.11. The molecule has 126 valence electrons. The number of nitrogens with one attached hydrogen (secondary N) is 1. The van der Waals surface area contributed by atoms with Crippen LogP contribution in [-0.4, -0.2) is 30.5 Å². The van der Waals surface area contributed by atoms with E-state index in [2.05, 4.69) is 15.5 Å². The van der Waals surface area contributed by atoms with Gasteiger partial charge in [-0.2, -0.15) is 4.98 Å². The number of nitrogens with zero attached hydrogens (tertiary/aromatic N) is 2. The number of methoxy groups -OCH3 is 1. The van der Waals surface area contributed by atoms with Gasteiger partial charge in [0.15, 0.2) is 0 Å². The molecule has 24 heavy (non-hydrogen) atoms. The third-order valence-electron chi connectivity index (χ3n) is 3.35. The number of hydrogen-bond acceptors (Lipinski definition) is 7. The van der Waals surface area contributed by atoms with Crippen molar-refractivity contribution in [3.8, 4) is 16.5 Å². The molecule has 0 spiro atoms. The molecule has 1 atom stereocenters. The van der Waals surface area contributed by atoms with Gasteiger partial charge in [0.05, 0.1) is 11.5 Å². The lowest BCUT2D eigenvalue weighted by atomic mass is 10.2. The molecule has 7 heteroatoms. The highest BCUT2D eigenvalue weighted by molar-refractivity contribution is 7.13. The van der Waals surface area contributed by atoms with Crippen LogP contribution in [0.3, 0.4) is 0 Å². The molecule has 0 bridgehead atoms. The fraction of sp³-hybridized carbons (Fsp3) is 0.294. The van der Waals surface area contributed by atoms with Crippen LogP contribution < -0.4 is 10.1 Å². The van der Waals surface area contributed by atoms with Crippen LogP contribution in [0, 0.1) is 0 Å². The van der Waals surface area contributed by atoms with Crippen LogP contribution in [0.5, 0.6) is 5.75 Å². The summed E-state index contributed by atoms with van der Waals surface area (Å²) in [4.78, 5) is 5.44. The number of rotatable bonds is 8. The number of thiophene rings is 1. The molecular formula is C17H19N3O3S. The summed E-state index contributed by atoms with van der Waals surface area (Å²) in [5, 5.41) is 9.36. The number of aromatic nitrogens is 2. The Kier molecular flexibility index (Phi) is 5.45. The average molecular weight is 345 g/mol. The second-order valence-electron chi connectivity index (χ2n) is 5.17. The lowest BCUT2D eigenvalue weighted by Crippen LogP contribution is -2.07. The Balaban J connectivity index is 1.59. The quantitative estimate of drug-likeness (QED) is 0.622. The van der Waals surface area contributed by atoms with Gasteiger partial charge in [-0.15, -0.1) is 11.3 Å². The van der Waals surface area contributed by atoms with Crippen LogP contribution >= 0.6 is 11.3 Å². The summed E-state index contributed by atoms with van der Waals surface area (Å²) in [5.74, 6) is 1.98. The van der Waals surface area contributed by atoms with Gasteiger partial charge in [0.1, 0.15) is 18.4 Å². The molecule has 3 aromatic rings. The van der Waals surface area contributed by atoms with E-state index < -0.39 is 0 Å². The smallest absolute Gasteiger partial charge is 0.249 e. The number of ether oxygens (including phenoxy) is 2. The monoisotopic (exact) mass is 345 g/mol. The minimum atomic E-state index is -0.0912. The third-order valence-corrected chi connectivity index (χ3v) is 4.21. The van der Waals surface area contributed by atoms with Crippen LogP contribution in [0.4, 0.5) is 5.69 Å². The van der Waals surface area contributed by atoms with E-state index in [1.54, 1.807) is 18.4 Å². The topological polar surface area (TPSA) is 69.4 Å². The molecule has 6 nitrogen and oxygen atoms in total. The number of hydrogen-bond donors (Lipinski definition) is 1. The van der Waals surface area contributed by atoms with Crippen molar-refractivity contribution >= 4 is 17.0 Å². The van der Waals surface area contributed by atoms with E-state index >= 15 is 0 Å². The Morgan fingerprint density at radius 1 is 1.21 bits per heavy atom. The first-order valence-electron chi connectivity index (χ1n) is 7.62. The molecule has 2 heterocycles. The zero-order valence-electron chi connectivity index (χ0n) is 13.6. The standard InChI is InChI=1S/C17H19N3O3S/c1-12(17-19-16(20-23-17)15-4-3-11-24-15)18-13-5-7-14(8-6-13)22-10-9-21-2/h3-8,11-12,18H,9-10H2,1-2H3/t12-/m0/s1. The Morgan fingerprint density at radius 3 is 2.75 bits per heavy atom. The molecule has 0 aliphatic carbocycles. The summed E-state index contributed by atoms with van der Waals surface area (Å²) in [5.41, 5.74) is 0.956. The predicted molar refractivity (Wildman–Crippen MR) is 93.5 cm³/mol. The summed E-state index contributed by atoms with van der Waals surface area (Å²) in [7, 11) is 1.65. The largest absolute Gasteiger partial charge is 0.491 e. The molecule has 0 aliphatic heterocycles. The van der Waals surface area contributed by atoms with E-state index in [0.717, 1.165) is 16.3 Å². The van der Waals surface area contributed by atoms with Gasteiger partial charge in [-0.1, -0.05) is 11.2 Å². The minimum absolute atomic E-state index is 0.0912. The molecule has 0 fully saturated rings. The highest BCUT2D eigenvalue weighted by Gasteiger charge is 2.15. The van der Waals surface area contributed by atoms with Crippen molar-refractivity contribution in [3.63, 3.8) is 0 Å². The van der Waals surface area contributed by atoms with E-state index in [4.69, 9.17) is 14.0 Å². The molecule has 1 N–H and O–H groups in total. The summed E-state index contributed by atoms with van der Waals surface area (Å²) < 4.78 is 15.9. The Labute approximate surface area is 144 Å². The van der Waals surface area contributed by atoms with Gasteiger partial charge >= 0.3 is 0 Å². The Hall–Kier alpha value is -2.38. The van der Waals surface area contributed by atoms with Gasteiger partial charge in [-0.05, 0) is 42.6 Å². The van der Waals surface area contributed by atoms with Gasteiger partial charge in [0.2, 0.25) is 11.7 Å². The SMILES string of the molecule is COCCOc1ccc(N[C@@H](C)c2nc(-c3cccs3)no2)cc1. The van der Waals surface area contributed by atoms with E-state index in [-0.39, 0.29) is 6.04 Å². The Bertz CT molecular complexity index is 741. The molecule has 2 aromatic heterocycles. The van der Waals surface area contributed by atoms with E-state index in [0.29, 0.717) is 24.9 Å². The van der Waals surface area contributed by atoms with Crippen LogP contribution in [0.15, 0.2) is 46.3 Å². The molecule has 0 amide bonds. The molecular weight excluding hydrogens is 326 g/mol. The first-order valence-corrected chi connectivity index (χ1v) is 8.50. The van der Waals surface area contributed by atoms with Gasteiger partial charge in [-0.3, -0.25) is 0 Å². The van der Waals surface area contributed by atoms with Crippen molar-refractivity contribution in [3.05, 3.63) is 47.7 Å². The normalized spacial score (nSPS) is 12.1. The second kappa shape index (κ2) is 7.94. The highest BCUT2D eigenvalue weighted by atomic mass is 32.1. The zero-order valence-corrected chi connectivity index (χ0v) is 14.4. The molecule has 0 saturated heterocycles. The lowest BCUT2D eigenvalue weighted by Gasteiger charge is -2.12. The van der Waals surface area contributed by atoms with Crippen LogP contribution in [0.2, 0.25) is 0 Å². The van der Waals surface area contributed by atoms with Crippen molar-refractivity contribution in [2.24, 2.45) is 0 Å². The summed E-state index contributed by atoms with van der Waals surface area (Å²) >= 11 is 1.59. The van der Waals surface area contributed by atoms with Gasteiger partial charge < -0.3 is 19.3 Å². The van der Waals surface area contributed by atoms with E-state index in [1.165, 1.54) is 0 Å². The van der Waals surface area contributed by atoms with Crippen molar-refractivity contribution < 1.29 is 14.0 Å². The minimum Gasteiger partial charge on any atom is -0.491 e. The van der Waals surface area contributed by atoms with Gasteiger partial charge in [0.25, 0.3) is 0 Å². The summed E-state index contributed by atoms with van der Waals surface area (Å²) in [6, 6.07) is 11.6. The summed E-state index contributed by atoms with van der Waals surface area (Å²) in [6.45, 7) is 3.09. The van der Waals surface area contributed by atoms with E-state index in [9.17, 15) is 0 Å². The first-order chi connectivity index (χ1) is 11.8. The third kappa shape index (κ3) is 4.12. The number of benzene rings is 1.